The van der Waals surface area contributed by atoms with Crippen molar-refractivity contribution in [2.75, 3.05) is 13.2 Å². The Kier molecular flexibility index (Phi) is 5.35. The van der Waals surface area contributed by atoms with Crippen molar-refractivity contribution in [2.45, 2.75) is 0 Å². The van der Waals surface area contributed by atoms with E-state index in [0.717, 1.165) is 4.47 Å². The van der Waals surface area contributed by atoms with Crippen molar-refractivity contribution in [1.82, 2.24) is 0 Å². The molecule has 0 N–H and O–H groups in total. The SMILES string of the molecule is N#Cc1ccc(OCCOC(=O)c2cccc(Br)c2)cc1. The summed E-state index contributed by atoms with van der Waals surface area (Å²) < 4.78 is 11.4. The van der Waals surface area contributed by atoms with E-state index in [0.29, 0.717) is 16.9 Å². The minimum atomic E-state index is -0.389. The van der Waals surface area contributed by atoms with Gasteiger partial charge in [-0.2, -0.15) is 5.26 Å². The first-order valence-electron chi connectivity index (χ1n) is 6.25. The molecule has 0 bridgehead atoms. The van der Waals surface area contributed by atoms with Gasteiger partial charge in [0.25, 0.3) is 0 Å². The van der Waals surface area contributed by atoms with E-state index in [1.165, 1.54) is 0 Å². The van der Waals surface area contributed by atoms with Crippen molar-refractivity contribution in [2.24, 2.45) is 0 Å². The van der Waals surface area contributed by atoms with Crippen molar-refractivity contribution in [3.63, 3.8) is 0 Å². The predicted molar refractivity (Wildman–Crippen MR) is 81.1 cm³/mol. The van der Waals surface area contributed by atoms with Crippen molar-refractivity contribution < 1.29 is 14.3 Å². The number of ether oxygens (including phenoxy) is 2. The van der Waals surface area contributed by atoms with E-state index < -0.39 is 0 Å². The Bertz CT molecular complexity index is 662. The molecule has 5 heteroatoms. The Morgan fingerprint density at radius 1 is 1.14 bits per heavy atom. The van der Waals surface area contributed by atoms with E-state index in [1.807, 2.05) is 12.1 Å². The van der Waals surface area contributed by atoms with Gasteiger partial charge in [0, 0.05) is 4.47 Å². The van der Waals surface area contributed by atoms with Gasteiger partial charge in [-0.15, -0.1) is 0 Å². The van der Waals surface area contributed by atoms with Crippen molar-refractivity contribution in [3.05, 3.63) is 64.1 Å². The average Bonchev–Trinajstić information content (AvgIpc) is 2.52. The minimum absolute atomic E-state index is 0.158. The summed E-state index contributed by atoms with van der Waals surface area (Å²) in [5.41, 5.74) is 1.06. The number of hydrogen-bond acceptors (Lipinski definition) is 4. The van der Waals surface area contributed by atoms with Gasteiger partial charge in [0.15, 0.2) is 0 Å². The number of nitrogens with zero attached hydrogens (tertiary/aromatic N) is 1. The Labute approximate surface area is 131 Å². The molecule has 0 aliphatic carbocycles. The number of esters is 1. The van der Waals surface area contributed by atoms with E-state index in [1.54, 1.807) is 42.5 Å². The van der Waals surface area contributed by atoms with Crippen LogP contribution in [-0.2, 0) is 4.74 Å². The zero-order valence-corrected chi connectivity index (χ0v) is 12.7. The molecule has 0 aromatic heterocycles. The Hall–Kier alpha value is -2.32. The third-order valence-corrected chi connectivity index (χ3v) is 3.12. The van der Waals surface area contributed by atoms with Crippen molar-refractivity contribution in [1.29, 1.82) is 5.26 Å². The van der Waals surface area contributed by atoms with Crippen LogP contribution in [0.5, 0.6) is 5.75 Å². The van der Waals surface area contributed by atoms with Crippen LogP contribution in [0.4, 0.5) is 0 Å². The smallest absolute Gasteiger partial charge is 0.338 e. The third-order valence-electron chi connectivity index (χ3n) is 2.63. The molecule has 0 atom stereocenters. The Balaban J connectivity index is 1.76. The summed E-state index contributed by atoms with van der Waals surface area (Å²) in [6.07, 6.45) is 0. The second-order valence-electron chi connectivity index (χ2n) is 4.13. The van der Waals surface area contributed by atoms with Gasteiger partial charge in [-0.1, -0.05) is 22.0 Å². The van der Waals surface area contributed by atoms with Crippen molar-refractivity contribution in [3.8, 4) is 11.8 Å². The minimum Gasteiger partial charge on any atom is -0.490 e. The van der Waals surface area contributed by atoms with E-state index in [4.69, 9.17) is 14.7 Å². The molecule has 0 fully saturated rings. The fourth-order valence-electron chi connectivity index (χ4n) is 1.62. The summed E-state index contributed by atoms with van der Waals surface area (Å²) >= 11 is 3.30. The molecule has 0 unspecified atom stereocenters. The van der Waals surface area contributed by atoms with E-state index in [-0.39, 0.29) is 19.2 Å². The van der Waals surface area contributed by atoms with Gasteiger partial charge in [0.2, 0.25) is 0 Å². The second kappa shape index (κ2) is 7.46. The molecular formula is C16H12BrNO3. The zero-order valence-electron chi connectivity index (χ0n) is 11.1. The molecule has 106 valence electrons. The van der Waals surface area contributed by atoms with Gasteiger partial charge in [-0.05, 0) is 42.5 Å². The van der Waals surface area contributed by atoms with Crippen LogP contribution >= 0.6 is 15.9 Å². The lowest BCUT2D eigenvalue weighted by Crippen LogP contribution is -2.12. The molecule has 4 nitrogen and oxygen atoms in total. The van der Waals surface area contributed by atoms with Gasteiger partial charge in [0.1, 0.15) is 19.0 Å². The van der Waals surface area contributed by atoms with Crippen LogP contribution in [0.3, 0.4) is 0 Å². The standard InChI is InChI=1S/C16H12BrNO3/c17-14-3-1-2-13(10-14)16(19)21-9-8-20-15-6-4-12(11-18)5-7-15/h1-7,10H,8-9H2. The Morgan fingerprint density at radius 2 is 1.90 bits per heavy atom. The number of hydrogen-bond donors (Lipinski definition) is 0. The molecule has 2 rings (SSSR count). The molecule has 0 aliphatic heterocycles. The monoisotopic (exact) mass is 345 g/mol. The van der Waals surface area contributed by atoms with Crippen LogP contribution in [0.1, 0.15) is 15.9 Å². The molecule has 0 radical (unpaired) electrons. The van der Waals surface area contributed by atoms with Crippen LogP contribution < -0.4 is 4.74 Å². The first-order valence-corrected chi connectivity index (χ1v) is 7.04. The van der Waals surface area contributed by atoms with Crippen LogP contribution in [0.2, 0.25) is 0 Å². The maximum Gasteiger partial charge on any atom is 0.338 e. The normalized spacial score (nSPS) is 9.71. The number of carbonyl (C=O) groups excluding carboxylic acids is 1. The molecular weight excluding hydrogens is 334 g/mol. The Morgan fingerprint density at radius 3 is 2.57 bits per heavy atom. The van der Waals surface area contributed by atoms with E-state index in [2.05, 4.69) is 15.9 Å². The van der Waals surface area contributed by atoms with Gasteiger partial charge >= 0.3 is 5.97 Å². The summed E-state index contributed by atoms with van der Waals surface area (Å²) in [5.74, 6) is 0.243. The van der Waals surface area contributed by atoms with Crippen molar-refractivity contribution >= 4 is 21.9 Å². The number of benzene rings is 2. The maximum absolute atomic E-state index is 11.8. The first-order chi connectivity index (χ1) is 10.2. The molecule has 21 heavy (non-hydrogen) atoms. The summed E-state index contributed by atoms with van der Waals surface area (Å²) in [7, 11) is 0. The summed E-state index contributed by atoms with van der Waals surface area (Å²) in [6, 6.07) is 15.8. The van der Waals surface area contributed by atoms with Gasteiger partial charge < -0.3 is 9.47 Å². The highest BCUT2D eigenvalue weighted by atomic mass is 79.9. The second-order valence-corrected chi connectivity index (χ2v) is 5.05. The number of halogens is 1. The summed E-state index contributed by atoms with van der Waals surface area (Å²) in [6.45, 7) is 0.414. The topological polar surface area (TPSA) is 59.3 Å². The lowest BCUT2D eigenvalue weighted by atomic mass is 10.2. The van der Waals surface area contributed by atoms with Crippen LogP contribution in [0.25, 0.3) is 0 Å². The highest BCUT2D eigenvalue weighted by Gasteiger charge is 2.07. The largest absolute Gasteiger partial charge is 0.490 e. The fourth-order valence-corrected chi connectivity index (χ4v) is 2.02. The summed E-state index contributed by atoms with van der Waals surface area (Å²) in [4.78, 5) is 11.8. The predicted octanol–water partition coefficient (Wildman–Crippen LogP) is 3.56. The molecule has 0 spiro atoms. The number of rotatable bonds is 5. The zero-order chi connectivity index (χ0) is 15.1. The van der Waals surface area contributed by atoms with Gasteiger partial charge in [0.05, 0.1) is 17.2 Å². The lowest BCUT2D eigenvalue weighted by molar-refractivity contribution is 0.0450. The molecule has 0 aliphatic rings. The maximum atomic E-state index is 11.8. The lowest BCUT2D eigenvalue weighted by Gasteiger charge is -2.07. The molecule has 2 aromatic carbocycles. The molecule has 2 aromatic rings. The quantitative estimate of drug-likeness (QED) is 0.614. The third kappa shape index (κ3) is 4.62. The number of carbonyl (C=O) groups is 1. The summed E-state index contributed by atoms with van der Waals surface area (Å²) in [5, 5.41) is 8.68. The molecule has 0 saturated carbocycles. The van der Waals surface area contributed by atoms with Crippen LogP contribution in [0, 0.1) is 11.3 Å². The average molecular weight is 346 g/mol. The molecule has 0 heterocycles. The van der Waals surface area contributed by atoms with E-state index >= 15 is 0 Å². The highest BCUT2D eigenvalue weighted by Crippen LogP contribution is 2.13. The fraction of sp³-hybridized carbons (Fsp3) is 0.125. The van der Waals surface area contributed by atoms with Gasteiger partial charge in [-0.3, -0.25) is 0 Å². The molecule has 0 amide bonds. The number of nitriles is 1. The van der Waals surface area contributed by atoms with Gasteiger partial charge in [-0.25, -0.2) is 4.79 Å². The highest BCUT2D eigenvalue weighted by molar-refractivity contribution is 9.10. The van der Waals surface area contributed by atoms with Crippen LogP contribution in [-0.4, -0.2) is 19.2 Å². The molecule has 0 saturated heterocycles. The van der Waals surface area contributed by atoms with E-state index in [9.17, 15) is 4.79 Å². The first kappa shape index (κ1) is 15.1. The van der Waals surface area contributed by atoms with Crippen LogP contribution in [0.15, 0.2) is 53.0 Å².